The van der Waals surface area contributed by atoms with E-state index in [9.17, 15) is 0 Å². The van der Waals surface area contributed by atoms with Gasteiger partial charge in [0.05, 0.1) is 7.11 Å². The van der Waals surface area contributed by atoms with E-state index in [4.69, 9.17) is 4.74 Å². The Morgan fingerprint density at radius 1 is 1.00 bits per heavy atom. The lowest BCUT2D eigenvalue weighted by molar-refractivity contribution is 0.167. The molecule has 0 amide bonds. The molecular formula is C29H33N3O. The summed E-state index contributed by atoms with van der Waals surface area (Å²) in [4.78, 5) is 6.01. The van der Waals surface area contributed by atoms with Crippen molar-refractivity contribution in [2.24, 2.45) is 0 Å². The van der Waals surface area contributed by atoms with Crippen molar-refractivity contribution in [1.29, 1.82) is 0 Å². The minimum atomic E-state index is 0.485. The van der Waals surface area contributed by atoms with Crippen molar-refractivity contribution in [3.8, 4) is 5.75 Å². The number of fused-ring (bicyclic) bond motifs is 1. The number of methoxy groups -OCH3 is 1. The number of benzene rings is 3. The molecule has 1 aliphatic rings. The fourth-order valence-electron chi connectivity index (χ4n) is 5.17. The molecule has 0 bridgehead atoms. The van der Waals surface area contributed by atoms with Gasteiger partial charge in [0.1, 0.15) is 5.75 Å². The van der Waals surface area contributed by atoms with E-state index in [1.807, 2.05) is 6.07 Å². The summed E-state index contributed by atoms with van der Waals surface area (Å²) in [6.07, 6.45) is 4.30. The topological polar surface area (TPSA) is 40.3 Å². The zero-order chi connectivity index (χ0) is 22.5. The highest BCUT2D eigenvalue weighted by Crippen LogP contribution is 2.29. The summed E-state index contributed by atoms with van der Waals surface area (Å²) in [5.74, 6) is 1.40. The highest BCUT2D eigenvalue weighted by atomic mass is 16.5. The molecule has 1 aliphatic heterocycles. The average Bonchev–Trinajstić information content (AvgIpc) is 3.28. The molecule has 4 heteroatoms. The normalized spacial score (nSPS) is 19.1. The van der Waals surface area contributed by atoms with Crippen LogP contribution in [0.3, 0.4) is 0 Å². The smallest absolute Gasteiger partial charge is 0.119 e. The standard InChI is InChI=1S/C29H33N3O/c1-33-25-12-13-28-26(18-25)24(19-31-28)14-16-30-29-15-17-32(20-22-8-4-2-5-9-22)21-27(29)23-10-6-3-7-11-23/h2-13,18-19,27,29-31H,14-17,20-21H2,1H3. The van der Waals surface area contributed by atoms with Crippen molar-refractivity contribution in [1.82, 2.24) is 15.2 Å². The number of nitrogens with one attached hydrogen (secondary N) is 2. The SMILES string of the molecule is COc1ccc2[nH]cc(CCNC3CCN(Cc4ccccc4)CC3c3ccccc3)c2c1. The second kappa shape index (κ2) is 10.2. The molecule has 2 unspecified atom stereocenters. The van der Waals surface area contributed by atoms with Gasteiger partial charge in [-0.25, -0.2) is 0 Å². The van der Waals surface area contributed by atoms with E-state index >= 15 is 0 Å². The zero-order valence-corrected chi connectivity index (χ0v) is 19.3. The summed E-state index contributed by atoms with van der Waals surface area (Å²) in [6, 6.07) is 28.6. The van der Waals surface area contributed by atoms with Crippen LogP contribution in [0.5, 0.6) is 5.75 Å². The van der Waals surface area contributed by atoms with E-state index in [0.29, 0.717) is 12.0 Å². The van der Waals surface area contributed by atoms with E-state index in [1.54, 1.807) is 7.11 Å². The lowest BCUT2D eigenvalue weighted by atomic mass is 9.85. The third kappa shape index (κ3) is 5.13. The number of rotatable bonds is 8. The summed E-state index contributed by atoms with van der Waals surface area (Å²) in [5, 5.41) is 5.17. The Bertz CT molecular complexity index is 1160. The fraction of sp³-hybridized carbons (Fsp3) is 0.310. The van der Waals surface area contributed by atoms with Crippen molar-refractivity contribution >= 4 is 10.9 Å². The Kier molecular flexibility index (Phi) is 6.75. The third-order valence-electron chi connectivity index (χ3n) is 6.95. The highest BCUT2D eigenvalue weighted by molar-refractivity contribution is 5.84. The van der Waals surface area contributed by atoms with E-state index in [-0.39, 0.29) is 0 Å². The van der Waals surface area contributed by atoms with Crippen LogP contribution in [0.15, 0.2) is 85.1 Å². The highest BCUT2D eigenvalue weighted by Gasteiger charge is 2.30. The molecule has 0 saturated carbocycles. The molecule has 0 aliphatic carbocycles. The molecule has 0 radical (unpaired) electrons. The van der Waals surface area contributed by atoms with E-state index in [2.05, 4.69) is 94.2 Å². The maximum atomic E-state index is 5.43. The summed E-state index contributed by atoms with van der Waals surface area (Å²) in [5.41, 5.74) is 5.34. The Balaban J connectivity index is 1.26. The quantitative estimate of drug-likeness (QED) is 0.388. The number of hydrogen-bond acceptors (Lipinski definition) is 3. The van der Waals surface area contributed by atoms with Crippen LogP contribution in [-0.4, -0.2) is 42.7 Å². The Labute approximate surface area is 196 Å². The summed E-state index contributed by atoms with van der Waals surface area (Å²) >= 11 is 0. The predicted molar refractivity (Wildman–Crippen MR) is 136 cm³/mol. The van der Waals surface area contributed by atoms with Crippen molar-refractivity contribution < 1.29 is 4.74 Å². The summed E-state index contributed by atoms with van der Waals surface area (Å²) in [7, 11) is 1.73. The largest absolute Gasteiger partial charge is 0.497 e. The van der Waals surface area contributed by atoms with Gasteiger partial charge in [-0.3, -0.25) is 4.90 Å². The van der Waals surface area contributed by atoms with Gasteiger partial charge in [0.25, 0.3) is 0 Å². The maximum Gasteiger partial charge on any atom is 0.119 e. The van der Waals surface area contributed by atoms with Crippen LogP contribution in [0.4, 0.5) is 0 Å². The lowest BCUT2D eigenvalue weighted by Crippen LogP contribution is -2.48. The van der Waals surface area contributed by atoms with E-state index in [1.165, 1.54) is 27.6 Å². The summed E-state index contributed by atoms with van der Waals surface area (Å²) in [6.45, 7) is 4.20. The first kappa shape index (κ1) is 21.7. The molecule has 5 rings (SSSR count). The first-order chi connectivity index (χ1) is 16.3. The van der Waals surface area contributed by atoms with Crippen molar-refractivity contribution in [2.75, 3.05) is 26.7 Å². The first-order valence-corrected chi connectivity index (χ1v) is 12.0. The van der Waals surface area contributed by atoms with E-state index in [0.717, 1.165) is 44.8 Å². The lowest BCUT2D eigenvalue weighted by Gasteiger charge is -2.39. The van der Waals surface area contributed by atoms with Gasteiger partial charge >= 0.3 is 0 Å². The molecule has 2 atom stereocenters. The molecule has 33 heavy (non-hydrogen) atoms. The van der Waals surface area contributed by atoms with Gasteiger partial charge in [-0.2, -0.15) is 0 Å². The predicted octanol–water partition coefficient (Wildman–Crippen LogP) is 5.37. The van der Waals surface area contributed by atoms with Crippen LogP contribution in [0, 0.1) is 0 Å². The van der Waals surface area contributed by atoms with Gasteiger partial charge < -0.3 is 15.0 Å². The van der Waals surface area contributed by atoms with Gasteiger partial charge in [0.15, 0.2) is 0 Å². The molecule has 4 nitrogen and oxygen atoms in total. The van der Waals surface area contributed by atoms with Gasteiger partial charge in [0, 0.05) is 48.7 Å². The molecule has 1 fully saturated rings. The van der Waals surface area contributed by atoms with Crippen molar-refractivity contribution in [2.45, 2.75) is 31.3 Å². The number of hydrogen-bond donors (Lipinski definition) is 2. The van der Waals surface area contributed by atoms with E-state index < -0.39 is 0 Å². The van der Waals surface area contributed by atoms with Crippen LogP contribution in [0.2, 0.25) is 0 Å². The number of H-pyrrole nitrogens is 1. The number of piperidine rings is 1. The number of ether oxygens (including phenoxy) is 1. The molecule has 1 aromatic heterocycles. The maximum absolute atomic E-state index is 5.43. The molecule has 170 valence electrons. The van der Waals surface area contributed by atoms with Gasteiger partial charge in [0.2, 0.25) is 0 Å². The number of nitrogens with zero attached hydrogens (tertiary/aromatic N) is 1. The Hall–Kier alpha value is -3.08. The fourth-order valence-corrected chi connectivity index (χ4v) is 5.17. The second-order valence-corrected chi connectivity index (χ2v) is 9.06. The average molecular weight is 440 g/mol. The van der Waals surface area contributed by atoms with Crippen LogP contribution in [0.25, 0.3) is 10.9 Å². The molecular weight excluding hydrogens is 406 g/mol. The first-order valence-electron chi connectivity index (χ1n) is 12.0. The second-order valence-electron chi connectivity index (χ2n) is 9.06. The molecule has 4 aromatic rings. The number of likely N-dealkylation sites (tertiary alicyclic amines) is 1. The summed E-state index contributed by atoms with van der Waals surface area (Å²) < 4.78 is 5.43. The zero-order valence-electron chi connectivity index (χ0n) is 19.3. The molecule has 2 heterocycles. The van der Waals surface area contributed by atoms with Crippen molar-refractivity contribution in [3.63, 3.8) is 0 Å². The van der Waals surface area contributed by atoms with Crippen molar-refractivity contribution in [3.05, 3.63) is 102 Å². The van der Waals surface area contributed by atoms with Gasteiger partial charge in [-0.05, 0) is 54.3 Å². The third-order valence-corrected chi connectivity index (χ3v) is 6.95. The van der Waals surface area contributed by atoms with Gasteiger partial charge in [-0.1, -0.05) is 60.7 Å². The number of aromatic nitrogens is 1. The number of aromatic amines is 1. The Morgan fingerprint density at radius 2 is 1.79 bits per heavy atom. The van der Waals surface area contributed by atoms with Crippen LogP contribution >= 0.6 is 0 Å². The van der Waals surface area contributed by atoms with Crippen LogP contribution < -0.4 is 10.1 Å². The molecule has 2 N–H and O–H groups in total. The van der Waals surface area contributed by atoms with Crippen LogP contribution in [-0.2, 0) is 13.0 Å². The van der Waals surface area contributed by atoms with Crippen LogP contribution in [0.1, 0.15) is 29.0 Å². The monoisotopic (exact) mass is 439 g/mol. The molecule has 1 saturated heterocycles. The molecule has 3 aromatic carbocycles. The minimum absolute atomic E-state index is 0.485. The molecule has 0 spiro atoms. The van der Waals surface area contributed by atoms with Gasteiger partial charge in [-0.15, -0.1) is 0 Å². The minimum Gasteiger partial charge on any atom is -0.497 e. The Morgan fingerprint density at radius 3 is 2.58 bits per heavy atom.